The molecule has 3 rings (SSSR count). The Balaban J connectivity index is 1.56. The molecule has 0 bridgehead atoms. The standard InChI is InChI=1S/C17H23N3/c1-14-3-7-16(8-4-14)19-17-9-5-15(6-10-17)13-20-12-2-11-18-20/h2,5-6,9-12,14,16,19H,3-4,7-8,13H2,1H3. The van der Waals surface area contributed by atoms with E-state index in [4.69, 9.17) is 0 Å². The van der Waals surface area contributed by atoms with Gasteiger partial charge < -0.3 is 5.32 Å². The summed E-state index contributed by atoms with van der Waals surface area (Å²) in [5.41, 5.74) is 2.53. The molecule has 3 nitrogen and oxygen atoms in total. The molecule has 0 atom stereocenters. The van der Waals surface area contributed by atoms with E-state index in [0.717, 1.165) is 12.5 Å². The molecule has 1 aromatic heterocycles. The number of aromatic nitrogens is 2. The van der Waals surface area contributed by atoms with Gasteiger partial charge in [0.2, 0.25) is 0 Å². The van der Waals surface area contributed by atoms with Gasteiger partial charge in [-0.1, -0.05) is 19.1 Å². The molecule has 0 amide bonds. The zero-order valence-corrected chi connectivity index (χ0v) is 12.1. The summed E-state index contributed by atoms with van der Waals surface area (Å²) in [5, 5.41) is 7.90. The maximum atomic E-state index is 4.24. The van der Waals surface area contributed by atoms with Gasteiger partial charge in [0.25, 0.3) is 0 Å². The van der Waals surface area contributed by atoms with Crippen LogP contribution in [0.2, 0.25) is 0 Å². The highest BCUT2D eigenvalue weighted by molar-refractivity contribution is 5.45. The third-order valence-electron chi connectivity index (χ3n) is 4.24. The Morgan fingerprint density at radius 3 is 2.55 bits per heavy atom. The lowest BCUT2D eigenvalue weighted by molar-refractivity contribution is 0.361. The number of benzene rings is 1. The summed E-state index contributed by atoms with van der Waals surface area (Å²) in [7, 11) is 0. The zero-order valence-electron chi connectivity index (χ0n) is 12.1. The first-order chi connectivity index (χ1) is 9.79. The predicted octanol–water partition coefficient (Wildman–Crippen LogP) is 3.92. The minimum Gasteiger partial charge on any atom is -0.382 e. The van der Waals surface area contributed by atoms with Crippen LogP contribution in [-0.2, 0) is 6.54 Å². The van der Waals surface area contributed by atoms with Crippen LogP contribution in [0.1, 0.15) is 38.2 Å². The molecule has 0 aliphatic heterocycles. The average molecular weight is 269 g/mol. The molecule has 3 heteroatoms. The summed E-state index contributed by atoms with van der Waals surface area (Å²) in [6, 6.07) is 11.4. The lowest BCUT2D eigenvalue weighted by Crippen LogP contribution is -2.25. The predicted molar refractivity (Wildman–Crippen MR) is 82.8 cm³/mol. The van der Waals surface area contributed by atoms with E-state index in [1.165, 1.54) is 36.9 Å². The van der Waals surface area contributed by atoms with E-state index >= 15 is 0 Å². The fourth-order valence-electron chi connectivity index (χ4n) is 2.93. The summed E-state index contributed by atoms with van der Waals surface area (Å²) >= 11 is 0. The first-order valence-corrected chi connectivity index (χ1v) is 7.62. The van der Waals surface area contributed by atoms with Crippen molar-refractivity contribution < 1.29 is 0 Å². The lowest BCUT2D eigenvalue weighted by atomic mass is 9.87. The number of nitrogens with one attached hydrogen (secondary N) is 1. The molecule has 1 aliphatic carbocycles. The highest BCUT2D eigenvalue weighted by Gasteiger charge is 2.17. The number of hydrogen-bond acceptors (Lipinski definition) is 2. The molecule has 2 aromatic rings. The SMILES string of the molecule is CC1CCC(Nc2ccc(Cn3cccn3)cc2)CC1. The average Bonchev–Trinajstić information content (AvgIpc) is 2.96. The Hall–Kier alpha value is -1.77. The van der Waals surface area contributed by atoms with Crippen LogP contribution < -0.4 is 5.32 Å². The van der Waals surface area contributed by atoms with Gasteiger partial charge in [-0.25, -0.2) is 0 Å². The number of anilines is 1. The van der Waals surface area contributed by atoms with Crippen molar-refractivity contribution in [2.75, 3.05) is 5.32 Å². The van der Waals surface area contributed by atoms with Crippen LogP contribution in [0.15, 0.2) is 42.7 Å². The third-order valence-corrected chi connectivity index (χ3v) is 4.24. The topological polar surface area (TPSA) is 29.9 Å². The summed E-state index contributed by atoms with van der Waals surface area (Å²) in [6.45, 7) is 3.20. The van der Waals surface area contributed by atoms with Gasteiger partial charge >= 0.3 is 0 Å². The quantitative estimate of drug-likeness (QED) is 0.911. The monoisotopic (exact) mass is 269 g/mol. The Morgan fingerprint density at radius 2 is 1.90 bits per heavy atom. The Labute approximate surface area is 121 Å². The van der Waals surface area contributed by atoms with Crippen molar-refractivity contribution in [3.8, 4) is 0 Å². The maximum absolute atomic E-state index is 4.24. The largest absolute Gasteiger partial charge is 0.382 e. The molecular formula is C17H23N3. The molecule has 1 aromatic carbocycles. The minimum absolute atomic E-state index is 0.656. The van der Waals surface area contributed by atoms with Gasteiger partial charge in [0, 0.05) is 24.1 Å². The second kappa shape index (κ2) is 6.12. The third kappa shape index (κ3) is 3.41. The highest BCUT2D eigenvalue weighted by atomic mass is 15.3. The molecule has 1 heterocycles. The van der Waals surface area contributed by atoms with Crippen LogP contribution in [-0.4, -0.2) is 15.8 Å². The van der Waals surface area contributed by atoms with E-state index in [9.17, 15) is 0 Å². The van der Waals surface area contributed by atoms with Gasteiger partial charge in [0.05, 0.1) is 6.54 Å². The van der Waals surface area contributed by atoms with E-state index in [0.29, 0.717) is 6.04 Å². The van der Waals surface area contributed by atoms with Crippen molar-refractivity contribution in [1.82, 2.24) is 9.78 Å². The van der Waals surface area contributed by atoms with Crippen LogP contribution in [0, 0.1) is 5.92 Å². The van der Waals surface area contributed by atoms with Gasteiger partial charge in [-0.05, 0) is 55.4 Å². The molecule has 1 saturated carbocycles. The van der Waals surface area contributed by atoms with Crippen LogP contribution in [0.5, 0.6) is 0 Å². The molecule has 1 N–H and O–H groups in total. The van der Waals surface area contributed by atoms with E-state index in [1.807, 2.05) is 23.1 Å². The van der Waals surface area contributed by atoms with Crippen molar-refractivity contribution in [1.29, 1.82) is 0 Å². The normalized spacial score (nSPS) is 22.6. The molecule has 0 radical (unpaired) electrons. The van der Waals surface area contributed by atoms with E-state index < -0.39 is 0 Å². The van der Waals surface area contributed by atoms with Gasteiger partial charge in [-0.3, -0.25) is 4.68 Å². The van der Waals surface area contributed by atoms with Crippen molar-refractivity contribution in [3.05, 3.63) is 48.3 Å². The van der Waals surface area contributed by atoms with Crippen molar-refractivity contribution in [2.24, 2.45) is 5.92 Å². The Kier molecular flexibility index (Phi) is 4.05. The minimum atomic E-state index is 0.656. The van der Waals surface area contributed by atoms with Crippen LogP contribution >= 0.6 is 0 Å². The molecule has 20 heavy (non-hydrogen) atoms. The summed E-state index contributed by atoms with van der Waals surface area (Å²) in [5.74, 6) is 0.907. The second-order valence-corrected chi connectivity index (χ2v) is 6.00. The number of nitrogens with zero attached hydrogens (tertiary/aromatic N) is 2. The molecule has 106 valence electrons. The molecular weight excluding hydrogens is 246 g/mol. The Morgan fingerprint density at radius 1 is 1.15 bits per heavy atom. The fraction of sp³-hybridized carbons (Fsp3) is 0.471. The van der Waals surface area contributed by atoms with Crippen molar-refractivity contribution in [2.45, 2.75) is 45.2 Å². The van der Waals surface area contributed by atoms with E-state index in [2.05, 4.69) is 41.6 Å². The number of rotatable bonds is 4. The van der Waals surface area contributed by atoms with Crippen LogP contribution in [0.3, 0.4) is 0 Å². The molecule has 0 unspecified atom stereocenters. The second-order valence-electron chi connectivity index (χ2n) is 6.00. The summed E-state index contributed by atoms with van der Waals surface area (Å²) in [4.78, 5) is 0. The number of hydrogen-bond donors (Lipinski definition) is 1. The van der Waals surface area contributed by atoms with Crippen molar-refractivity contribution in [3.63, 3.8) is 0 Å². The van der Waals surface area contributed by atoms with Gasteiger partial charge in [0.1, 0.15) is 0 Å². The first-order valence-electron chi connectivity index (χ1n) is 7.62. The fourth-order valence-corrected chi connectivity index (χ4v) is 2.93. The smallest absolute Gasteiger partial charge is 0.0659 e. The van der Waals surface area contributed by atoms with Crippen LogP contribution in [0.4, 0.5) is 5.69 Å². The summed E-state index contributed by atoms with van der Waals surface area (Å²) < 4.78 is 1.95. The van der Waals surface area contributed by atoms with E-state index in [1.54, 1.807) is 0 Å². The molecule has 0 spiro atoms. The highest BCUT2D eigenvalue weighted by Crippen LogP contribution is 2.26. The van der Waals surface area contributed by atoms with E-state index in [-0.39, 0.29) is 0 Å². The zero-order chi connectivity index (χ0) is 13.8. The van der Waals surface area contributed by atoms with Crippen LogP contribution in [0.25, 0.3) is 0 Å². The first kappa shape index (κ1) is 13.2. The van der Waals surface area contributed by atoms with Gasteiger partial charge in [-0.2, -0.15) is 5.10 Å². The lowest BCUT2D eigenvalue weighted by Gasteiger charge is -2.27. The molecule has 1 fully saturated rings. The molecule has 0 saturated heterocycles. The Bertz CT molecular complexity index is 508. The summed E-state index contributed by atoms with van der Waals surface area (Å²) in [6.07, 6.45) is 9.13. The van der Waals surface area contributed by atoms with Gasteiger partial charge in [0.15, 0.2) is 0 Å². The maximum Gasteiger partial charge on any atom is 0.0659 e. The van der Waals surface area contributed by atoms with Gasteiger partial charge in [-0.15, -0.1) is 0 Å². The van der Waals surface area contributed by atoms with Crippen molar-refractivity contribution >= 4 is 5.69 Å². The molecule has 1 aliphatic rings.